The second-order valence-electron chi connectivity index (χ2n) is 5.47. The zero-order valence-electron chi connectivity index (χ0n) is 13.4. The Hall–Kier alpha value is -2.60. The standard InChI is InChI=1S/C18H18ClFN2O3/c19-15-9-12(4-6-16(15)20)5-7-17(24)22-11-18(25)21-10-13-2-1-3-14(23)8-13/h1-4,6,8-9,23H,5,7,10-11H2,(H,21,25)(H,22,24). The van der Waals surface area contributed by atoms with Gasteiger partial charge in [0.25, 0.3) is 0 Å². The van der Waals surface area contributed by atoms with E-state index >= 15 is 0 Å². The zero-order chi connectivity index (χ0) is 18.2. The van der Waals surface area contributed by atoms with Crippen LogP contribution in [0.1, 0.15) is 17.5 Å². The van der Waals surface area contributed by atoms with Gasteiger partial charge in [-0.05, 0) is 41.8 Å². The SMILES string of the molecule is O=C(CCc1ccc(F)c(Cl)c1)NCC(=O)NCc1cccc(O)c1. The molecular formula is C18H18ClFN2O3. The summed E-state index contributed by atoms with van der Waals surface area (Å²) in [7, 11) is 0. The summed E-state index contributed by atoms with van der Waals surface area (Å²) in [5.74, 6) is -0.992. The van der Waals surface area contributed by atoms with Gasteiger partial charge in [-0.2, -0.15) is 0 Å². The quantitative estimate of drug-likeness (QED) is 0.706. The number of hydrogen-bond donors (Lipinski definition) is 3. The third kappa shape index (κ3) is 6.43. The monoisotopic (exact) mass is 364 g/mol. The van der Waals surface area contributed by atoms with Gasteiger partial charge in [-0.25, -0.2) is 4.39 Å². The lowest BCUT2D eigenvalue weighted by molar-refractivity contribution is -0.126. The summed E-state index contributed by atoms with van der Waals surface area (Å²) in [4.78, 5) is 23.5. The van der Waals surface area contributed by atoms with Crippen molar-refractivity contribution in [1.29, 1.82) is 0 Å². The van der Waals surface area contributed by atoms with Gasteiger partial charge in [-0.3, -0.25) is 9.59 Å². The number of phenols is 1. The van der Waals surface area contributed by atoms with Crippen molar-refractivity contribution in [2.24, 2.45) is 0 Å². The number of aryl methyl sites for hydroxylation is 1. The van der Waals surface area contributed by atoms with Crippen molar-refractivity contribution < 1.29 is 19.1 Å². The molecule has 5 nitrogen and oxygen atoms in total. The molecular weight excluding hydrogens is 347 g/mol. The van der Waals surface area contributed by atoms with Crippen LogP contribution in [0.4, 0.5) is 4.39 Å². The van der Waals surface area contributed by atoms with Gasteiger partial charge in [-0.1, -0.05) is 29.8 Å². The predicted octanol–water partition coefficient (Wildman–Crippen LogP) is 2.55. The number of nitrogens with one attached hydrogen (secondary N) is 2. The van der Waals surface area contributed by atoms with Crippen LogP contribution >= 0.6 is 11.6 Å². The first kappa shape index (κ1) is 18.7. The largest absolute Gasteiger partial charge is 0.508 e. The molecule has 0 spiro atoms. The van der Waals surface area contributed by atoms with E-state index < -0.39 is 5.82 Å². The van der Waals surface area contributed by atoms with Crippen LogP contribution in [0.3, 0.4) is 0 Å². The second-order valence-corrected chi connectivity index (χ2v) is 5.88. The number of halogens is 2. The molecule has 0 bridgehead atoms. The lowest BCUT2D eigenvalue weighted by Crippen LogP contribution is -2.36. The highest BCUT2D eigenvalue weighted by atomic mass is 35.5. The maximum absolute atomic E-state index is 13.1. The van der Waals surface area contributed by atoms with Crippen LogP contribution in [0.15, 0.2) is 42.5 Å². The van der Waals surface area contributed by atoms with Crippen LogP contribution in [-0.2, 0) is 22.6 Å². The molecule has 0 aliphatic heterocycles. The molecule has 2 amide bonds. The normalized spacial score (nSPS) is 10.3. The van der Waals surface area contributed by atoms with Crippen molar-refractivity contribution >= 4 is 23.4 Å². The van der Waals surface area contributed by atoms with Gasteiger partial charge in [0.2, 0.25) is 11.8 Å². The van der Waals surface area contributed by atoms with Crippen LogP contribution in [0.25, 0.3) is 0 Å². The minimum absolute atomic E-state index is 0.0178. The number of carbonyl (C=O) groups is 2. The molecule has 3 N–H and O–H groups in total. The number of aromatic hydroxyl groups is 1. The molecule has 0 aliphatic rings. The first-order chi connectivity index (χ1) is 11.9. The van der Waals surface area contributed by atoms with Gasteiger partial charge in [-0.15, -0.1) is 0 Å². The lowest BCUT2D eigenvalue weighted by Gasteiger charge is -2.08. The van der Waals surface area contributed by atoms with Gasteiger partial charge in [0.15, 0.2) is 0 Å². The molecule has 0 fully saturated rings. The van der Waals surface area contributed by atoms with Crippen molar-refractivity contribution in [2.75, 3.05) is 6.54 Å². The Morgan fingerprint density at radius 3 is 2.56 bits per heavy atom. The smallest absolute Gasteiger partial charge is 0.239 e. The molecule has 0 atom stereocenters. The Kier molecular flexibility index (Phi) is 6.77. The van der Waals surface area contributed by atoms with Gasteiger partial charge < -0.3 is 15.7 Å². The molecule has 0 radical (unpaired) electrons. The molecule has 0 aliphatic carbocycles. The van der Waals surface area contributed by atoms with E-state index in [2.05, 4.69) is 10.6 Å². The third-order valence-electron chi connectivity index (χ3n) is 3.47. The van der Waals surface area contributed by atoms with E-state index in [-0.39, 0.29) is 42.1 Å². The van der Waals surface area contributed by atoms with E-state index in [1.54, 1.807) is 30.3 Å². The first-order valence-corrected chi connectivity index (χ1v) is 8.07. The summed E-state index contributed by atoms with van der Waals surface area (Å²) >= 11 is 5.68. The number of amides is 2. The Morgan fingerprint density at radius 2 is 1.84 bits per heavy atom. The van der Waals surface area contributed by atoms with Crippen molar-refractivity contribution in [3.63, 3.8) is 0 Å². The predicted molar refractivity (Wildman–Crippen MR) is 92.7 cm³/mol. The molecule has 0 saturated carbocycles. The number of hydrogen-bond acceptors (Lipinski definition) is 3. The molecule has 2 aromatic rings. The minimum Gasteiger partial charge on any atom is -0.508 e. The summed E-state index contributed by atoms with van der Waals surface area (Å²) in [5.41, 5.74) is 1.50. The molecule has 0 aromatic heterocycles. The number of phenolic OH excluding ortho intramolecular Hbond substituents is 1. The highest BCUT2D eigenvalue weighted by Crippen LogP contribution is 2.16. The zero-order valence-corrected chi connectivity index (χ0v) is 14.1. The van der Waals surface area contributed by atoms with Crippen LogP contribution < -0.4 is 10.6 Å². The fraction of sp³-hybridized carbons (Fsp3) is 0.222. The topological polar surface area (TPSA) is 78.4 Å². The Bertz CT molecular complexity index is 768. The van der Waals surface area contributed by atoms with Crippen molar-refractivity contribution in [3.8, 4) is 5.75 Å². The Labute approximate surface area is 149 Å². The molecule has 25 heavy (non-hydrogen) atoms. The van der Waals surface area contributed by atoms with Crippen molar-refractivity contribution in [2.45, 2.75) is 19.4 Å². The van der Waals surface area contributed by atoms with Crippen LogP contribution in [0, 0.1) is 5.82 Å². The fourth-order valence-electron chi connectivity index (χ4n) is 2.15. The van der Waals surface area contributed by atoms with E-state index in [4.69, 9.17) is 11.6 Å². The third-order valence-corrected chi connectivity index (χ3v) is 3.76. The van der Waals surface area contributed by atoms with Crippen LogP contribution in [0.2, 0.25) is 5.02 Å². The molecule has 132 valence electrons. The van der Waals surface area contributed by atoms with E-state index in [1.165, 1.54) is 12.1 Å². The van der Waals surface area contributed by atoms with Gasteiger partial charge in [0.1, 0.15) is 11.6 Å². The highest BCUT2D eigenvalue weighted by Gasteiger charge is 2.07. The molecule has 0 saturated heterocycles. The molecule has 2 aromatic carbocycles. The van der Waals surface area contributed by atoms with Crippen molar-refractivity contribution in [1.82, 2.24) is 10.6 Å². The maximum atomic E-state index is 13.1. The molecule has 7 heteroatoms. The summed E-state index contributed by atoms with van der Waals surface area (Å²) in [6.45, 7) is 0.124. The summed E-state index contributed by atoms with van der Waals surface area (Å²) in [6.07, 6.45) is 0.568. The Morgan fingerprint density at radius 1 is 1.04 bits per heavy atom. The summed E-state index contributed by atoms with van der Waals surface area (Å²) in [6, 6.07) is 10.8. The molecule has 2 rings (SSSR count). The van der Waals surface area contributed by atoms with E-state index in [9.17, 15) is 19.1 Å². The number of benzene rings is 2. The summed E-state index contributed by atoms with van der Waals surface area (Å²) < 4.78 is 13.1. The number of carbonyl (C=O) groups excluding carboxylic acids is 2. The van der Waals surface area contributed by atoms with Gasteiger partial charge >= 0.3 is 0 Å². The van der Waals surface area contributed by atoms with Gasteiger partial charge in [0.05, 0.1) is 11.6 Å². The molecule has 0 unspecified atom stereocenters. The van der Waals surface area contributed by atoms with Crippen LogP contribution in [-0.4, -0.2) is 23.5 Å². The lowest BCUT2D eigenvalue weighted by atomic mass is 10.1. The molecule has 0 heterocycles. The minimum atomic E-state index is -0.502. The first-order valence-electron chi connectivity index (χ1n) is 7.69. The van der Waals surface area contributed by atoms with E-state index in [1.807, 2.05) is 0 Å². The van der Waals surface area contributed by atoms with Crippen LogP contribution in [0.5, 0.6) is 5.75 Å². The van der Waals surface area contributed by atoms with E-state index in [0.29, 0.717) is 6.42 Å². The van der Waals surface area contributed by atoms with Crippen molar-refractivity contribution in [3.05, 3.63) is 64.4 Å². The van der Waals surface area contributed by atoms with E-state index in [0.717, 1.165) is 11.1 Å². The fourth-order valence-corrected chi connectivity index (χ4v) is 2.35. The number of rotatable bonds is 7. The Balaban J connectivity index is 1.68. The van der Waals surface area contributed by atoms with Gasteiger partial charge in [0, 0.05) is 13.0 Å². The average molecular weight is 365 g/mol. The maximum Gasteiger partial charge on any atom is 0.239 e. The highest BCUT2D eigenvalue weighted by molar-refractivity contribution is 6.30. The summed E-state index contributed by atoms with van der Waals surface area (Å²) in [5, 5.41) is 14.5. The average Bonchev–Trinajstić information content (AvgIpc) is 2.59. The second kappa shape index (κ2) is 9.03.